The topological polar surface area (TPSA) is 114 Å². The summed E-state index contributed by atoms with van der Waals surface area (Å²) in [6.45, 7) is 17.0. The smallest absolute Gasteiger partial charge is 0.264 e. The van der Waals surface area contributed by atoms with Gasteiger partial charge >= 0.3 is 0 Å². The van der Waals surface area contributed by atoms with Crippen LogP contribution in [0.25, 0.3) is 11.3 Å². The van der Waals surface area contributed by atoms with Crippen LogP contribution in [0.3, 0.4) is 0 Å². The maximum Gasteiger partial charge on any atom is 0.264 e. The van der Waals surface area contributed by atoms with E-state index in [1.54, 1.807) is 23.1 Å². The number of nitrogens with one attached hydrogen (secondary N) is 1. The predicted molar refractivity (Wildman–Crippen MR) is 180 cm³/mol. The first-order valence-corrected chi connectivity index (χ1v) is 17.0. The molecule has 2 aromatic heterocycles. The number of amides is 1. The number of aromatic nitrogens is 3. The van der Waals surface area contributed by atoms with Gasteiger partial charge in [0.15, 0.2) is 0 Å². The minimum Gasteiger partial charge on any atom is -0.475 e. The molecule has 3 heterocycles. The Morgan fingerprint density at radius 3 is 2.24 bits per heavy atom. The molecule has 0 unspecified atom stereocenters. The lowest BCUT2D eigenvalue weighted by Gasteiger charge is -2.35. The standard InChI is InChI=1S/C36H43N5O4S/c1-23-12-9-13-24(2)32(23)29-19-31-39-34(38-29)40-46(43,44)28-16-10-14-25(18-28)33(42)41(27(22-45-31)20-35(3,4)5)21-26-15-11-17-30(37-26)36(6,7)8/h9-19,27H,20-22H2,1-8H3,(H,38,39,40)/t27-/m1/s1. The third-order valence-corrected chi connectivity index (χ3v) is 9.26. The minimum absolute atomic E-state index is 0.0682. The van der Waals surface area contributed by atoms with E-state index in [0.717, 1.165) is 28.1 Å². The number of aryl methyl sites for hydroxylation is 2. The zero-order valence-corrected chi connectivity index (χ0v) is 28.7. The average molecular weight is 642 g/mol. The van der Waals surface area contributed by atoms with Crippen molar-refractivity contribution in [1.82, 2.24) is 19.9 Å². The highest BCUT2D eigenvalue weighted by atomic mass is 32.2. The number of benzene rings is 2. The first kappa shape index (κ1) is 33.1. The lowest BCUT2D eigenvalue weighted by molar-refractivity contribution is 0.0509. The van der Waals surface area contributed by atoms with Crippen molar-refractivity contribution in [2.45, 2.75) is 84.7 Å². The van der Waals surface area contributed by atoms with E-state index in [2.05, 4.69) is 56.2 Å². The van der Waals surface area contributed by atoms with E-state index >= 15 is 0 Å². The third-order valence-electron chi connectivity index (χ3n) is 7.94. The molecule has 242 valence electrons. The van der Waals surface area contributed by atoms with Crippen LogP contribution in [0.2, 0.25) is 0 Å². The van der Waals surface area contributed by atoms with Gasteiger partial charge in [-0.25, -0.2) is 18.1 Å². The summed E-state index contributed by atoms with van der Waals surface area (Å²) >= 11 is 0. The summed E-state index contributed by atoms with van der Waals surface area (Å²) in [5.41, 5.74) is 4.91. The largest absolute Gasteiger partial charge is 0.475 e. The number of hydrogen-bond donors (Lipinski definition) is 1. The van der Waals surface area contributed by atoms with E-state index in [1.807, 2.05) is 50.2 Å². The van der Waals surface area contributed by atoms with Crippen LogP contribution >= 0.6 is 0 Å². The van der Waals surface area contributed by atoms with E-state index in [-0.39, 0.29) is 52.2 Å². The third kappa shape index (κ3) is 7.55. The summed E-state index contributed by atoms with van der Waals surface area (Å²) in [5.74, 6) is -0.222. The van der Waals surface area contributed by atoms with Crippen LogP contribution in [-0.2, 0) is 22.0 Å². The second-order valence-corrected chi connectivity index (χ2v) is 15.9. The molecule has 1 aliphatic rings. The van der Waals surface area contributed by atoms with Crippen molar-refractivity contribution in [1.29, 1.82) is 0 Å². The van der Waals surface area contributed by atoms with E-state index in [4.69, 9.17) is 9.72 Å². The van der Waals surface area contributed by atoms with Gasteiger partial charge in [0.1, 0.15) is 6.61 Å². The molecule has 9 nitrogen and oxygen atoms in total. The molecule has 0 fully saturated rings. The highest BCUT2D eigenvalue weighted by Gasteiger charge is 2.32. The molecule has 5 rings (SSSR count). The molecule has 4 aromatic rings. The number of hydrogen-bond acceptors (Lipinski definition) is 7. The monoisotopic (exact) mass is 641 g/mol. The van der Waals surface area contributed by atoms with Gasteiger partial charge in [0, 0.05) is 28.3 Å². The summed E-state index contributed by atoms with van der Waals surface area (Å²) in [5, 5.41) is 0. The van der Waals surface area contributed by atoms with Crippen LogP contribution in [-0.4, -0.2) is 46.8 Å². The fourth-order valence-electron chi connectivity index (χ4n) is 5.71. The zero-order valence-electron chi connectivity index (χ0n) is 27.9. The van der Waals surface area contributed by atoms with Gasteiger partial charge in [-0.2, -0.15) is 4.98 Å². The number of pyridine rings is 1. The van der Waals surface area contributed by atoms with E-state index in [1.165, 1.54) is 12.1 Å². The van der Waals surface area contributed by atoms with Gasteiger partial charge in [-0.3, -0.25) is 9.78 Å². The Bertz CT molecular complexity index is 1860. The van der Waals surface area contributed by atoms with Gasteiger partial charge in [0.2, 0.25) is 11.8 Å². The zero-order chi connectivity index (χ0) is 33.4. The van der Waals surface area contributed by atoms with Gasteiger partial charge in [0.25, 0.3) is 15.9 Å². The van der Waals surface area contributed by atoms with Gasteiger partial charge < -0.3 is 9.64 Å². The van der Waals surface area contributed by atoms with Crippen molar-refractivity contribution in [3.05, 3.63) is 94.8 Å². The molecule has 1 aliphatic heterocycles. The van der Waals surface area contributed by atoms with E-state index in [9.17, 15) is 13.2 Å². The first-order chi connectivity index (χ1) is 21.5. The maximum absolute atomic E-state index is 14.4. The number of anilines is 1. The minimum atomic E-state index is -4.16. The first-order valence-electron chi connectivity index (χ1n) is 15.5. The molecule has 1 atom stereocenters. The fourth-order valence-corrected chi connectivity index (χ4v) is 6.70. The van der Waals surface area contributed by atoms with Crippen LogP contribution in [0.15, 0.2) is 71.6 Å². The van der Waals surface area contributed by atoms with Crippen LogP contribution in [0.4, 0.5) is 5.95 Å². The number of sulfonamides is 1. The highest BCUT2D eigenvalue weighted by molar-refractivity contribution is 7.92. The lowest BCUT2D eigenvalue weighted by Crippen LogP contribution is -2.45. The summed E-state index contributed by atoms with van der Waals surface area (Å²) in [7, 11) is -4.16. The van der Waals surface area contributed by atoms with Crippen molar-refractivity contribution < 1.29 is 17.9 Å². The molecule has 0 saturated carbocycles. The van der Waals surface area contributed by atoms with Gasteiger partial charge in [0.05, 0.1) is 28.9 Å². The van der Waals surface area contributed by atoms with E-state index in [0.29, 0.717) is 12.1 Å². The Morgan fingerprint density at radius 1 is 0.891 bits per heavy atom. The number of carbonyl (C=O) groups is 1. The van der Waals surface area contributed by atoms with Gasteiger partial charge in [-0.05, 0) is 67.1 Å². The summed E-state index contributed by atoms with van der Waals surface area (Å²) in [4.78, 5) is 30.1. The maximum atomic E-state index is 14.4. The fraction of sp³-hybridized carbons (Fsp3) is 0.389. The molecule has 10 heteroatoms. The lowest BCUT2D eigenvalue weighted by atomic mass is 9.87. The normalized spacial score (nSPS) is 16.8. The Hall–Kier alpha value is -4.31. The van der Waals surface area contributed by atoms with E-state index < -0.39 is 16.1 Å². The Labute approximate surface area is 272 Å². The second kappa shape index (κ2) is 12.5. The molecule has 0 spiro atoms. The number of nitrogens with zero attached hydrogens (tertiary/aromatic N) is 4. The van der Waals surface area contributed by atoms with Crippen LogP contribution in [0.1, 0.15) is 80.8 Å². The van der Waals surface area contributed by atoms with Crippen LogP contribution in [0.5, 0.6) is 5.88 Å². The van der Waals surface area contributed by atoms with Crippen molar-refractivity contribution in [3.63, 3.8) is 0 Å². The van der Waals surface area contributed by atoms with Crippen molar-refractivity contribution in [2.24, 2.45) is 5.41 Å². The number of ether oxygens (including phenoxy) is 1. The van der Waals surface area contributed by atoms with Crippen LogP contribution in [0, 0.1) is 19.3 Å². The molecule has 0 radical (unpaired) electrons. The Morgan fingerprint density at radius 2 is 1.57 bits per heavy atom. The Balaban J connectivity index is 1.68. The average Bonchev–Trinajstić information content (AvgIpc) is 2.96. The molecule has 1 N–H and O–H groups in total. The van der Waals surface area contributed by atoms with Gasteiger partial charge in [-0.15, -0.1) is 0 Å². The molecule has 0 aliphatic carbocycles. The SMILES string of the molecule is Cc1cccc(C)c1-c1cc2nc(n1)NS(=O)(=O)c1cccc(c1)C(=O)N(Cc1cccc(C(C)(C)C)n1)[C@H](CC(C)(C)C)CO2. The molecule has 0 saturated heterocycles. The quantitative estimate of drug-likeness (QED) is 0.253. The van der Waals surface area contributed by atoms with Crippen molar-refractivity contribution >= 4 is 21.9 Å². The molecular formula is C36H43N5O4S. The highest BCUT2D eigenvalue weighted by Crippen LogP contribution is 2.32. The molecular weight excluding hydrogens is 598 g/mol. The van der Waals surface area contributed by atoms with Crippen molar-refractivity contribution in [2.75, 3.05) is 11.3 Å². The molecule has 46 heavy (non-hydrogen) atoms. The number of carbonyl (C=O) groups excluding carboxylic acids is 1. The summed E-state index contributed by atoms with van der Waals surface area (Å²) in [6.07, 6.45) is 0.607. The number of rotatable bonds is 4. The second-order valence-electron chi connectivity index (χ2n) is 14.2. The summed E-state index contributed by atoms with van der Waals surface area (Å²) in [6, 6.07) is 19.2. The Kier molecular flexibility index (Phi) is 8.96. The summed E-state index contributed by atoms with van der Waals surface area (Å²) < 4.78 is 36.2. The van der Waals surface area contributed by atoms with Gasteiger partial charge in [-0.1, -0.05) is 71.9 Å². The predicted octanol–water partition coefficient (Wildman–Crippen LogP) is 7.09. The molecule has 4 bridgehead atoms. The molecule has 1 amide bonds. The number of fused-ring (bicyclic) bond motifs is 4. The van der Waals surface area contributed by atoms with Crippen molar-refractivity contribution in [3.8, 4) is 17.1 Å². The molecule has 2 aromatic carbocycles. The van der Waals surface area contributed by atoms with Crippen LogP contribution < -0.4 is 9.46 Å².